The van der Waals surface area contributed by atoms with Gasteiger partial charge in [0, 0.05) is 6.07 Å². The third-order valence-electron chi connectivity index (χ3n) is 2.05. The number of esters is 1. The second-order valence-electron chi connectivity index (χ2n) is 3.01. The van der Waals surface area contributed by atoms with Gasteiger partial charge in [-0.05, 0) is 12.1 Å². The number of ether oxygens (including phenoxy) is 4. The zero-order chi connectivity index (χ0) is 11.5. The Hall–Kier alpha value is -2.17. The fraction of sp³-hybridized carbons (Fsp3) is 0.182. The maximum Gasteiger partial charge on any atom is 0.377 e. The number of carbonyl (C=O) groups is 1. The maximum absolute atomic E-state index is 11.2. The molecule has 1 aliphatic heterocycles. The minimum absolute atomic E-state index is 0.0140. The van der Waals surface area contributed by atoms with E-state index in [2.05, 4.69) is 4.74 Å². The lowest BCUT2D eigenvalue weighted by Crippen LogP contribution is -2.15. The first kappa shape index (κ1) is 10.4. The van der Waals surface area contributed by atoms with Gasteiger partial charge in [-0.3, -0.25) is 0 Å². The Balaban J connectivity index is 2.25. The fourth-order valence-electron chi connectivity index (χ4n) is 1.24. The van der Waals surface area contributed by atoms with Crippen molar-refractivity contribution in [3.63, 3.8) is 0 Å². The van der Waals surface area contributed by atoms with Crippen molar-refractivity contribution < 1.29 is 23.7 Å². The molecule has 84 valence electrons. The average molecular weight is 222 g/mol. The quantitative estimate of drug-likeness (QED) is 0.709. The van der Waals surface area contributed by atoms with E-state index in [1.165, 1.54) is 13.4 Å². The lowest BCUT2D eigenvalue weighted by Gasteiger charge is -2.17. The first-order valence-corrected chi connectivity index (χ1v) is 4.55. The molecule has 16 heavy (non-hydrogen) atoms. The van der Waals surface area contributed by atoms with Crippen LogP contribution in [-0.4, -0.2) is 20.2 Å². The van der Waals surface area contributed by atoms with E-state index in [9.17, 15) is 4.79 Å². The van der Waals surface area contributed by atoms with E-state index in [4.69, 9.17) is 14.2 Å². The molecule has 0 atom stereocenters. The summed E-state index contributed by atoms with van der Waals surface area (Å²) in [6.07, 6.45) is 1.20. The predicted molar refractivity (Wildman–Crippen MR) is 54.3 cm³/mol. The molecule has 1 aliphatic rings. The molecule has 5 heteroatoms. The second kappa shape index (κ2) is 4.14. The summed E-state index contributed by atoms with van der Waals surface area (Å²) in [7, 11) is 2.83. The van der Waals surface area contributed by atoms with Crippen LogP contribution >= 0.6 is 0 Å². The summed E-state index contributed by atoms with van der Waals surface area (Å²) in [4.78, 5) is 11.2. The van der Waals surface area contributed by atoms with E-state index < -0.39 is 5.97 Å². The minimum Gasteiger partial charge on any atom is -0.497 e. The molecule has 0 fully saturated rings. The Kier molecular flexibility index (Phi) is 2.68. The van der Waals surface area contributed by atoms with Crippen molar-refractivity contribution in [2.75, 3.05) is 14.2 Å². The van der Waals surface area contributed by atoms with E-state index in [-0.39, 0.29) is 5.76 Å². The van der Waals surface area contributed by atoms with Crippen molar-refractivity contribution in [1.82, 2.24) is 0 Å². The smallest absolute Gasteiger partial charge is 0.377 e. The second-order valence-corrected chi connectivity index (χ2v) is 3.01. The molecule has 0 amide bonds. The summed E-state index contributed by atoms with van der Waals surface area (Å²) < 4.78 is 20.1. The van der Waals surface area contributed by atoms with Gasteiger partial charge in [-0.25, -0.2) is 4.79 Å². The van der Waals surface area contributed by atoms with E-state index in [0.717, 1.165) is 0 Å². The molecule has 0 unspecified atom stereocenters. The van der Waals surface area contributed by atoms with Gasteiger partial charge in [0.25, 0.3) is 0 Å². The van der Waals surface area contributed by atoms with Crippen LogP contribution in [0.15, 0.2) is 30.2 Å². The summed E-state index contributed by atoms with van der Waals surface area (Å²) in [6.45, 7) is 0. The van der Waals surface area contributed by atoms with Crippen LogP contribution in [0.2, 0.25) is 0 Å². The molecule has 0 N–H and O–H groups in total. The van der Waals surface area contributed by atoms with Gasteiger partial charge in [-0.1, -0.05) is 0 Å². The first-order chi connectivity index (χ1) is 7.74. The maximum atomic E-state index is 11.2. The number of hydrogen-bond acceptors (Lipinski definition) is 5. The average Bonchev–Trinajstić information content (AvgIpc) is 2.36. The summed E-state index contributed by atoms with van der Waals surface area (Å²) in [5.74, 6) is 1.02. The van der Waals surface area contributed by atoms with Gasteiger partial charge in [0.15, 0.2) is 11.5 Å². The van der Waals surface area contributed by atoms with Gasteiger partial charge in [0.2, 0.25) is 5.76 Å². The zero-order valence-electron chi connectivity index (χ0n) is 8.85. The monoisotopic (exact) mass is 222 g/mol. The normalized spacial score (nSPS) is 12.8. The predicted octanol–water partition coefficient (Wildman–Crippen LogP) is 1.48. The molecule has 0 radical (unpaired) electrons. The van der Waals surface area contributed by atoms with E-state index in [0.29, 0.717) is 17.2 Å². The molecule has 0 saturated carbocycles. The Morgan fingerprint density at radius 1 is 1.25 bits per heavy atom. The van der Waals surface area contributed by atoms with Gasteiger partial charge in [-0.15, -0.1) is 0 Å². The van der Waals surface area contributed by atoms with Crippen LogP contribution in [0.3, 0.4) is 0 Å². The van der Waals surface area contributed by atoms with Crippen molar-refractivity contribution in [2.24, 2.45) is 0 Å². The highest BCUT2D eigenvalue weighted by Crippen LogP contribution is 2.35. The number of hydrogen-bond donors (Lipinski definition) is 0. The topological polar surface area (TPSA) is 54.0 Å². The summed E-state index contributed by atoms with van der Waals surface area (Å²) in [5.41, 5.74) is 0. The van der Waals surface area contributed by atoms with Crippen LogP contribution < -0.4 is 14.2 Å². The number of fused-ring (bicyclic) bond motifs is 1. The molecule has 0 spiro atoms. The number of methoxy groups -OCH3 is 2. The molecule has 1 heterocycles. The summed E-state index contributed by atoms with van der Waals surface area (Å²) in [5, 5.41) is 0. The lowest BCUT2D eigenvalue weighted by atomic mass is 10.3. The van der Waals surface area contributed by atoms with Crippen LogP contribution in [-0.2, 0) is 9.53 Å². The Bertz CT molecular complexity index is 450. The minimum atomic E-state index is -0.582. The first-order valence-electron chi connectivity index (χ1n) is 4.55. The standard InChI is InChI=1S/C11H10O5/c1-13-7-3-4-8-9(5-7)15-6-10(16-8)11(12)14-2/h3-6H,1-2H3. The molecule has 1 aromatic carbocycles. The number of rotatable bonds is 2. The van der Waals surface area contributed by atoms with Gasteiger partial charge in [-0.2, -0.15) is 0 Å². The molecular weight excluding hydrogens is 212 g/mol. The highest BCUT2D eigenvalue weighted by atomic mass is 16.6. The van der Waals surface area contributed by atoms with Gasteiger partial charge >= 0.3 is 5.97 Å². The van der Waals surface area contributed by atoms with Crippen LogP contribution in [0.5, 0.6) is 17.2 Å². The largest absolute Gasteiger partial charge is 0.497 e. The Morgan fingerprint density at radius 2 is 2.06 bits per heavy atom. The fourth-order valence-corrected chi connectivity index (χ4v) is 1.24. The summed E-state index contributed by atoms with van der Waals surface area (Å²) >= 11 is 0. The van der Waals surface area contributed by atoms with Crippen molar-refractivity contribution in [3.05, 3.63) is 30.2 Å². The van der Waals surface area contributed by atoms with Crippen LogP contribution in [0, 0.1) is 0 Å². The van der Waals surface area contributed by atoms with E-state index in [1.807, 2.05) is 0 Å². The molecule has 1 aromatic rings. The van der Waals surface area contributed by atoms with Crippen molar-refractivity contribution in [1.29, 1.82) is 0 Å². The van der Waals surface area contributed by atoms with Crippen molar-refractivity contribution in [2.45, 2.75) is 0 Å². The SMILES string of the molecule is COC(=O)C1=COc2cc(OC)ccc2O1. The Morgan fingerprint density at radius 3 is 2.75 bits per heavy atom. The van der Waals surface area contributed by atoms with Crippen molar-refractivity contribution >= 4 is 5.97 Å². The number of carbonyl (C=O) groups excluding carboxylic acids is 1. The third kappa shape index (κ3) is 1.79. The summed E-state index contributed by atoms with van der Waals surface area (Å²) in [6, 6.07) is 5.03. The zero-order valence-corrected chi connectivity index (χ0v) is 8.85. The molecule has 0 saturated heterocycles. The van der Waals surface area contributed by atoms with E-state index >= 15 is 0 Å². The van der Waals surface area contributed by atoms with Crippen molar-refractivity contribution in [3.8, 4) is 17.2 Å². The molecular formula is C11H10O5. The Labute approximate surface area is 92.2 Å². The molecule has 0 bridgehead atoms. The van der Waals surface area contributed by atoms with Gasteiger partial charge < -0.3 is 18.9 Å². The van der Waals surface area contributed by atoms with Crippen LogP contribution in [0.4, 0.5) is 0 Å². The molecule has 0 aromatic heterocycles. The van der Waals surface area contributed by atoms with Gasteiger partial charge in [0.1, 0.15) is 12.0 Å². The number of benzene rings is 1. The lowest BCUT2D eigenvalue weighted by molar-refractivity contribution is -0.138. The highest BCUT2D eigenvalue weighted by Gasteiger charge is 2.20. The molecule has 0 aliphatic carbocycles. The van der Waals surface area contributed by atoms with Crippen LogP contribution in [0.1, 0.15) is 0 Å². The molecule has 2 rings (SSSR count). The van der Waals surface area contributed by atoms with Gasteiger partial charge in [0.05, 0.1) is 14.2 Å². The van der Waals surface area contributed by atoms with E-state index in [1.54, 1.807) is 25.3 Å². The van der Waals surface area contributed by atoms with Crippen LogP contribution in [0.25, 0.3) is 0 Å². The molecule has 5 nitrogen and oxygen atoms in total. The third-order valence-corrected chi connectivity index (χ3v) is 2.05. The highest BCUT2D eigenvalue weighted by molar-refractivity contribution is 5.86.